The van der Waals surface area contributed by atoms with Crippen molar-refractivity contribution in [3.63, 3.8) is 0 Å². The average Bonchev–Trinajstić information content (AvgIpc) is 3.31. The van der Waals surface area contributed by atoms with Gasteiger partial charge in [-0.2, -0.15) is 0 Å². The molecule has 1 aromatic carbocycles. The maximum atomic E-state index is 12.9. The first-order valence-corrected chi connectivity index (χ1v) is 11.0. The molecule has 3 aliphatic heterocycles. The predicted octanol–water partition coefficient (Wildman–Crippen LogP) is 2.49. The molecule has 1 N–H and O–H groups in total. The van der Waals surface area contributed by atoms with Crippen molar-refractivity contribution in [2.75, 3.05) is 6.54 Å². The lowest BCUT2D eigenvalue weighted by Gasteiger charge is -2.29. The van der Waals surface area contributed by atoms with Gasteiger partial charge in [0, 0.05) is 42.9 Å². The number of pyridine rings is 1. The third-order valence-electron chi connectivity index (χ3n) is 6.72. The second-order valence-electron chi connectivity index (χ2n) is 8.78. The van der Waals surface area contributed by atoms with E-state index in [9.17, 15) is 14.4 Å². The Balaban J connectivity index is 1.36. The van der Waals surface area contributed by atoms with Crippen molar-refractivity contribution in [3.8, 4) is 11.3 Å². The number of imide groups is 1. The molecule has 3 aliphatic rings. The van der Waals surface area contributed by atoms with Crippen LogP contribution in [0, 0.1) is 0 Å². The zero-order valence-electron chi connectivity index (χ0n) is 17.6. The number of nitrogens with zero attached hydrogens (tertiary/aromatic N) is 3. The number of nitrogens with one attached hydrogen (secondary N) is 1. The average molecular weight is 418 g/mol. The molecule has 0 radical (unpaired) electrons. The van der Waals surface area contributed by atoms with Gasteiger partial charge in [0.1, 0.15) is 6.04 Å². The monoisotopic (exact) mass is 418 g/mol. The Labute approximate surface area is 181 Å². The molecule has 0 spiro atoms. The molecule has 160 valence electrons. The van der Waals surface area contributed by atoms with Gasteiger partial charge in [0.15, 0.2) is 0 Å². The highest BCUT2D eigenvalue weighted by Crippen LogP contribution is 2.31. The number of amides is 3. The third kappa shape index (κ3) is 3.74. The lowest BCUT2D eigenvalue weighted by atomic mass is 10.0. The van der Waals surface area contributed by atoms with Crippen LogP contribution in [-0.2, 0) is 22.7 Å². The van der Waals surface area contributed by atoms with Crippen molar-refractivity contribution >= 4 is 17.7 Å². The minimum absolute atomic E-state index is 0.152. The first-order chi connectivity index (χ1) is 15.0. The standard InChI is InChI=1S/C24H26N4O3/c1-15-3-2-10-27(15)13-16-8-9-25-20(11-16)17-4-5-19-18(12-17)14-28(24(19)31)21-6-7-22(29)26-23(21)30/h4-5,8-9,11-12,15,21H,2-3,6-7,10,13-14H2,1H3,(H,26,29,30). The Morgan fingerprint density at radius 2 is 2.00 bits per heavy atom. The van der Waals surface area contributed by atoms with E-state index in [-0.39, 0.29) is 24.1 Å². The van der Waals surface area contributed by atoms with Gasteiger partial charge in [0.05, 0.1) is 5.69 Å². The summed E-state index contributed by atoms with van der Waals surface area (Å²) >= 11 is 0. The van der Waals surface area contributed by atoms with Gasteiger partial charge in [-0.05, 0) is 68.1 Å². The Kier molecular flexibility index (Phi) is 5.06. The Bertz CT molecular complexity index is 1070. The van der Waals surface area contributed by atoms with Crippen LogP contribution in [0.2, 0.25) is 0 Å². The van der Waals surface area contributed by atoms with E-state index in [2.05, 4.69) is 34.3 Å². The molecule has 1 aromatic heterocycles. The summed E-state index contributed by atoms with van der Waals surface area (Å²) in [6.45, 7) is 4.71. The summed E-state index contributed by atoms with van der Waals surface area (Å²) in [5, 5.41) is 2.34. The van der Waals surface area contributed by atoms with E-state index in [1.807, 2.05) is 24.4 Å². The molecular weight excluding hydrogens is 392 g/mol. The van der Waals surface area contributed by atoms with E-state index < -0.39 is 6.04 Å². The molecule has 31 heavy (non-hydrogen) atoms. The summed E-state index contributed by atoms with van der Waals surface area (Å²) in [7, 11) is 0. The fraction of sp³-hybridized carbons (Fsp3) is 0.417. The maximum Gasteiger partial charge on any atom is 0.255 e. The number of carbonyl (C=O) groups excluding carboxylic acids is 3. The largest absolute Gasteiger partial charge is 0.322 e. The Morgan fingerprint density at radius 3 is 2.77 bits per heavy atom. The number of piperidine rings is 1. The molecule has 5 rings (SSSR count). The fourth-order valence-corrected chi connectivity index (χ4v) is 4.93. The molecule has 2 unspecified atom stereocenters. The molecule has 7 nitrogen and oxygen atoms in total. The minimum Gasteiger partial charge on any atom is -0.322 e. The van der Waals surface area contributed by atoms with Crippen LogP contribution in [0.15, 0.2) is 36.5 Å². The van der Waals surface area contributed by atoms with Crippen molar-refractivity contribution in [2.24, 2.45) is 0 Å². The Hall–Kier alpha value is -3.06. The quantitative estimate of drug-likeness (QED) is 0.772. The van der Waals surface area contributed by atoms with E-state index in [0.717, 1.165) is 29.9 Å². The van der Waals surface area contributed by atoms with Crippen LogP contribution in [0.5, 0.6) is 0 Å². The minimum atomic E-state index is -0.593. The summed E-state index contributed by atoms with van der Waals surface area (Å²) in [5.74, 6) is -0.814. The van der Waals surface area contributed by atoms with Crippen LogP contribution in [0.1, 0.15) is 54.1 Å². The van der Waals surface area contributed by atoms with Gasteiger partial charge >= 0.3 is 0 Å². The first kappa shape index (κ1) is 19.9. The number of rotatable bonds is 4. The number of benzene rings is 1. The van der Waals surface area contributed by atoms with E-state index in [0.29, 0.717) is 24.6 Å². The third-order valence-corrected chi connectivity index (χ3v) is 6.72. The summed E-state index contributed by atoms with van der Waals surface area (Å²) in [4.78, 5) is 45.2. The van der Waals surface area contributed by atoms with Crippen molar-refractivity contribution in [1.29, 1.82) is 0 Å². The fourth-order valence-electron chi connectivity index (χ4n) is 4.93. The van der Waals surface area contributed by atoms with Crippen LogP contribution >= 0.6 is 0 Å². The number of likely N-dealkylation sites (tertiary alicyclic amines) is 1. The number of fused-ring (bicyclic) bond motifs is 1. The van der Waals surface area contributed by atoms with Gasteiger partial charge in [-0.1, -0.05) is 6.07 Å². The van der Waals surface area contributed by atoms with Crippen LogP contribution in [-0.4, -0.2) is 51.1 Å². The van der Waals surface area contributed by atoms with Crippen molar-refractivity contribution in [3.05, 3.63) is 53.2 Å². The summed E-state index contributed by atoms with van der Waals surface area (Å²) in [6, 6.07) is 9.97. The number of hydrogen-bond acceptors (Lipinski definition) is 5. The maximum absolute atomic E-state index is 12.9. The van der Waals surface area contributed by atoms with E-state index in [4.69, 9.17) is 0 Å². The van der Waals surface area contributed by atoms with Crippen LogP contribution in [0.3, 0.4) is 0 Å². The molecule has 2 fully saturated rings. The lowest BCUT2D eigenvalue weighted by molar-refractivity contribution is -0.136. The van der Waals surface area contributed by atoms with Crippen molar-refractivity contribution < 1.29 is 14.4 Å². The van der Waals surface area contributed by atoms with Gasteiger partial charge in [0.25, 0.3) is 5.91 Å². The summed E-state index contributed by atoms with van der Waals surface area (Å²) in [5.41, 5.74) is 4.61. The molecule has 2 aromatic rings. The lowest BCUT2D eigenvalue weighted by Crippen LogP contribution is -2.52. The van der Waals surface area contributed by atoms with E-state index >= 15 is 0 Å². The molecule has 0 saturated carbocycles. The second-order valence-corrected chi connectivity index (χ2v) is 8.78. The van der Waals surface area contributed by atoms with Gasteiger partial charge in [-0.3, -0.25) is 29.6 Å². The zero-order chi connectivity index (χ0) is 21.5. The van der Waals surface area contributed by atoms with Gasteiger partial charge < -0.3 is 4.90 Å². The van der Waals surface area contributed by atoms with E-state index in [1.165, 1.54) is 18.4 Å². The molecule has 4 heterocycles. The zero-order valence-corrected chi connectivity index (χ0v) is 17.6. The van der Waals surface area contributed by atoms with Crippen LogP contribution in [0.4, 0.5) is 0 Å². The highest BCUT2D eigenvalue weighted by molar-refractivity contribution is 6.05. The van der Waals surface area contributed by atoms with Crippen molar-refractivity contribution in [2.45, 2.75) is 57.8 Å². The summed E-state index contributed by atoms with van der Waals surface area (Å²) < 4.78 is 0. The van der Waals surface area contributed by atoms with Crippen molar-refractivity contribution in [1.82, 2.24) is 20.1 Å². The summed E-state index contributed by atoms with van der Waals surface area (Å²) in [6.07, 6.45) is 4.98. The number of hydrogen-bond donors (Lipinski definition) is 1. The highest BCUT2D eigenvalue weighted by atomic mass is 16.2. The van der Waals surface area contributed by atoms with Gasteiger partial charge in [-0.25, -0.2) is 0 Å². The van der Waals surface area contributed by atoms with Crippen LogP contribution in [0.25, 0.3) is 11.3 Å². The SMILES string of the molecule is CC1CCCN1Cc1ccnc(-c2ccc3c(c2)CN(C2CCC(=O)NC2=O)C3=O)c1. The first-order valence-electron chi connectivity index (χ1n) is 11.0. The molecule has 0 bridgehead atoms. The molecule has 2 saturated heterocycles. The molecular formula is C24H26N4O3. The topological polar surface area (TPSA) is 82.6 Å². The van der Waals surface area contributed by atoms with Gasteiger partial charge in [-0.15, -0.1) is 0 Å². The highest BCUT2D eigenvalue weighted by Gasteiger charge is 2.39. The Morgan fingerprint density at radius 1 is 1.13 bits per heavy atom. The number of carbonyl (C=O) groups is 3. The molecule has 0 aliphatic carbocycles. The molecule has 7 heteroatoms. The van der Waals surface area contributed by atoms with E-state index in [1.54, 1.807) is 4.90 Å². The van der Waals surface area contributed by atoms with Gasteiger partial charge in [0.2, 0.25) is 11.8 Å². The predicted molar refractivity (Wildman–Crippen MR) is 115 cm³/mol. The van der Waals surface area contributed by atoms with Crippen LogP contribution < -0.4 is 5.32 Å². The number of aromatic nitrogens is 1. The molecule has 3 amide bonds. The second kappa shape index (κ2) is 7.89. The smallest absolute Gasteiger partial charge is 0.255 e. The normalized spacial score (nSPS) is 23.9. The molecule has 2 atom stereocenters.